The number of fused-ring (bicyclic) bond motifs is 1. The van der Waals surface area contributed by atoms with Crippen molar-refractivity contribution in [2.24, 2.45) is 0 Å². The summed E-state index contributed by atoms with van der Waals surface area (Å²) in [6.07, 6.45) is 0. The molecule has 7 nitrogen and oxygen atoms in total. The molecule has 150 valence electrons. The lowest BCUT2D eigenvalue weighted by molar-refractivity contribution is -0.385. The molecular weight excluding hydrogens is 412 g/mol. The standard InChI is InChI=1S/C20H18N2O5S2/c23-22(24)17-6-8-19(20(14-17)29(25,26)21-9-11-27-12-10-21)28-18-7-5-15-3-1-2-4-16(15)13-18/h1-8,13-14H,9-12H2. The highest BCUT2D eigenvalue weighted by Gasteiger charge is 2.30. The largest absolute Gasteiger partial charge is 0.379 e. The van der Waals surface area contributed by atoms with Gasteiger partial charge in [-0.1, -0.05) is 42.1 Å². The SMILES string of the molecule is O=[N+]([O-])c1ccc(Sc2ccc3ccccc3c2)c(S(=O)(=O)N2CCOCC2)c1. The van der Waals surface area contributed by atoms with Gasteiger partial charge >= 0.3 is 0 Å². The van der Waals surface area contributed by atoms with Crippen LogP contribution in [0.4, 0.5) is 5.69 Å². The molecule has 1 fully saturated rings. The molecule has 29 heavy (non-hydrogen) atoms. The minimum absolute atomic E-state index is 0.0493. The van der Waals surface area contributed by atoms with Crippen LogP contribution in [0.3, 0.4) is 0 Å². The van der Waals surface area contributed by atoms with Gasteiger partial charge < -0.3 is 4.74 Å². The van der Waals surface area contributed by atoms with Crippen LogP contribution in [0.25, 0.3) is 10.8 Å². The second-order valence-corrected chi connectivity index (χ2v) is 9.54. The number of benzene rings is 3. The monoisotopic (exact) mass is 430 g/mol. The van der Waals surface area contributed by atoms with Crippen molar-refractivity contribution in [3.05, 3.63) is 70.8 Å². The van der Waals surface area contributed by atoms with Crippen molar-refractivity contribution in [1.82, 2.24) is 4.31 Å². The Bertz CT molecular complexity index is 1170. The molecule has 0 saturated carbocycles. The summed E-state index contributed by atoms with van der Waals surface area (Å²) in [5, 5.41) is 13.4. The van der Waals surface area contributed by atoms with E-state index in [9.17, 15) is 18.5 Å². The maximum Gasteiger partial charge on any atom is 0.270 e. The second-order valence-electron chi connectivity index (χ2n) is 6.52. The molecule has 0 aromatic heterocycles. The maximum atomic E-state index is 13.2. The van der Waals surface area contributed by atoms with Crippen LogP contribution >= 0.6 is 11.8 Å². The van der Waals surface area contributed by atoms with Crippen molar-refractivity contribution in [2.45, 2.75) is 14.7 Å². The van der Waals surface area contributed by atoms with Gasteiger partial charge in [-0.05, 0) is 29.0 Å². The molecule has 0 aliphatic carbocycles. The van der Waals surface area contributed by atoms with Crippen LogP contribution in [0.15, 0.2) is 75.4 Å². The van der Waals surface area contributed by atoms with E-state index >= 15 is 0 Å². The first-order valence-electron chi connectivity index (χ1n) is 8.98. The van der Waals surface area contributed by atoms with Gasteiger partial charge in [0.1, 0.15) is 4.90 Å². The molecule has 1 heterocycles. The zero-order valence-corrected chi connectivity index (χ0v) is 17.0. The predicted molar refractivity (Wildman–Crippen MR) is 111 cm³/mol. The van der Waals surface area contributed by atoms with Crippen LogP contribution in [0.5, 0.6) is 0 Å². The first-order chi connectivity index (χ1) is 13.9. The zero-order chi connectivity index (χ0) is 20.4. The number of morpholine rings is 1. The quantitative estimate of drug-likeness (QED) is 0.450. The van der Waals surface area contributed by atoms with Gasteiger partial charge in [0.2, 0.25) is 10.0 Å². The van der Waals surface area contributed by atoms with Gasteiger partial charge in [0, 0.05) is 35.0 Å². The summed E-state index contributed by atoms with van der Waals surface area (Å²) >= 11 is 1.28. The summed E-state index contributed by atoms with van der Waals surface area (Å²) in [6.45, 7) is 1.07. The lowest BCUT2D eigenvalue weighted by atomic mass is 10.1. The Labute approximate surface area is 172 Å². The van der Waals surface area contributed by atoms with Crippen molar-refractivity contribution >= 4 is 38.2 Å². The molecule has 3 aromatic rings. The summed E-state index contributed by atoms with van der Waals surface area (Å²) in [7, 11) is -3.88. The summed E-state index contributed by atoms with van der Waals surface area (Å²) < 4.78 is 33.0. The number of ether oxygens (including phenoxy) is 1. The van der Waals surface area contributed by atoms with Gasteiger partial charge in [-0.25, -0.2) is 8.42 Å². The van der Waals surface area contributed by atoms with Crippen LogP contribution in [-0.4, -0.2) is 43.9 Å². The third-order valence-electron chi connectivity index (χ3n) is 4.67. The molecule has 1 aliphatic heterocycles. The molecular formula is C20H18N2O5S2. The van der Waals surface area contributed by atoms with E-state index in [1.54, 1.807) is 0 Å². The van der Waals surface area contributed by atoms with Gasteiger partial charge in [0.25, 0.3) is 5.69 Å². The highest BCUT2D eigenvalue weighted by molar-refractivity contribution is 8.00. The molecule has 3 aromatic carbocycles. The van der Waals surface area contributed by atoms with Crippen LogP contribution in [-0.2, 0) is 14.8 Å². The molecule has 1 saturated heterocycles. The molecule has 0 N–H and O–H groups in total. The molecule has 0 unspecified atom stereocenters. The first kappa shape index (κ1) is 19.8. The van der Waals surface area contributed by atoms with E-state index in [4.69, 9.17) is 4.74 Å². The van der Waals surface area contributed by atoms with E-state index in [1.165, 1.54) is 28.2 Å². The Hall–Kier alpha value is -2.46. The molecule has 0 bridgehead atoms. The normalized spacial score (nSPS) is 15.4. The van der Waals surface area contributed by atoms with E-state index in [1.807, 2.05) is 42.5 Å². The molecule has 0 atom stereocenters. The van der Waals surface area contributed by atoms with E-state index in [0.717, 1.165) is 21.7 Å². The highest BCUT2D eigenvalue weighted by atomic mass is 32.2. The Morgan fingerprint density at radius 2 is 1.69 bits per heavy atom. The predicted octanol–water partition coefficient (Wildman–Crippen LogP) is 3.92. The van der Waals surface area contributed by atoms with Crippen LogP contribution < -0.4 is 0 Å². The Balaban J connectivity index is 1.76. The lowest BCUT2D eigenvalue weighted by Gasteiger charge is -2.26. The van der Waals surface area contributed by atoms with Crippen LogP contribution in [0, 0.1) is 10.1 Å². The molecule has 0 radical (unpaired) electrons. The zero-order valence-electron chi connectivity index (χ0n) is 15.4. The van der Waals surface area contributed by atoms with Crippen LogP contribution in [0.1, 0.15) is 0 Å². The number of hydrogen-bond acceptors (Lipinski definition) is 6. The third-order valence-corrected chi connectivity index (χ3v) is 7.81. The minimum Gasteiger partial charge on any atom is -0.379 e. The fraction of sp³-hybridized carbons (Fsp3) is 0.200. The van der Waals surface area contributed by atoms with E-state index < -0.39 is 14.9 Å². The number of non-ortho nitro benzene ring substituents is 1. The molecule has 0 amide bonds. The Morgan fingerprint density at radius 3 is 2.41 bits per heavy atom. The topological polar surface area (TPSA) is 89.8 Å². The minimum atomic E-state index is -3.88. The number of nitrogens with zero attached hydrogens (tertiary/aromatic N) is 2. The Kier molecular flexibility index (Phi) is 5.55. The summed E-state index contributed by atoms with van der Waals surface area (Å²) in [5.41, 5.74) is -0.250. The molecule has 4 rings (SSSR count). The van der Waals surface area contributed by atoms with Crippen molar-refractivity contribution in [3.8, 4) is 0 Å². The second kappa shape index (κ2) is 8.11. The van der Waals surface area contributed by atoms with Gasteiger partial charge in [0.05, 0.1) is 18.1 Å². The first-order valence-corrected chi connectivity index (χ1v) is 11.2. The van der Waals surface area contributed by atoms with Crippen molar-refractivity contribution in [3.63, 3.8) is 0 Å². The average molecular weight is 431 g/mol. The van der Waals surface area contributed by atoms with Gasteiger partial charge in [-0.2, -0.15) is 4.31 Å². The van der Waals surface area contributed by atoms with Crippen LogP contribution in [0.2, 0.25) is 0 Å². The molecule has 1 aliphatic rings. The van der Waals surface area contributed by atoms with E-state index in [0.29, 0.717) is 18.1 Å². The summed E-state index contributed by atoms with van der Waals surface area (Å²) in [4.78, 5) is 11.9. The van der Waals surface area contributed by atoms with Crippen molar-refractivity contribution in [1.29, 1.82) is 0 Å². The molecule has 0 spiro atoms. The fourth-order valence-corrected chi connectivity index (χ4v) is 5.99. The smallest absolute Gasteiger partial charge is 0.270 e. The van der Waals surface area contributed by atoms with E-state index in [2.05, 4.69) is 0 Å². The number of hydrogen-bond donors (Lipinski definition) is 0. The summed E-state index contributed by atoms with van der Waals surface area (Å²) in [5.74, 6) is 0. The Morgan fingerprint density at radius 1 is 0.966 bits per heavy atom. The van der Waals surface area contributed by atoms with E-state index in [-0.39, 0.29) is 23.7 Å². The number of nitro groups is 1. The number of rotatable bonds is 5. The fourth-order valence-electron chi connectivity index (χ4n) is 3.18. The lowest BCUT2D eigenvalue weighted by Crippen LogP contribution is -2.40. The van der Waals surface area contributed by atoms with Crippen molar-refractivity contribution in [2.75, 3.05) is 26.3 Å². The average Bonchev–Trinajstić information content (AvgIpc) is 2.74. The highest BCUT2D eigenvalue weighted by Crippen LogP contribution is 2.37. The maximum absolute atomic E-state index is 13.2. The number of nitro benzene ring substituents is 1. The third kappa shape index (κ3) is 4.13. The van der Waals surface area contributed by atoms with Gasteiger partial charge in [-0.3, -0.25) is 10.1 Å². The molecule has 9 heteroatoms. The number of sulfonamides is 1. The van der Waals surface area contributed by atoms with Crippen molar-refractivity contribution < 1.29 is 18.1 Å². The summed E-state index contributed by atoms with van der Waals surface area (Å²) in [6, 6.07) is 17.7. The van der Waals surface area contributed by atoms with Gasteiger partial charge in [-0.15, -0.1) is 0 Å². The van der Waals surface area contributed by atoms with Gasteiger partial charge in [0.15, 0.2) is 0 Å².